The van der Waals surface area contributed by atoms with Gasteiger partial charge in [0.2, 0.25) is 5.78 Å². The highest BCUT2D eigenvalue weighted by Crippen LogP contribution is 2.43. The van der Waals surface area contributed by atoms with Gasteiger partial charge in [-0.25, -0.2) is 5.01 Å². The minimum absolute atomic E-state index is 0.0253. The van der Waals surface area contributed by atoms with Crippen LogP contribution >= 0.6 is 0 Å². The summed E-state index contributed by atoms with van der Waals surface area (Å²) in [6, 6.07) is 35.9. The van der Waals surface area contributed by atoms with Crippen LogP contribution in [0.4, 0.5) is 0 Å². The Morgan fingerprint density at radius 1 is 0.727 bits per heavy atom. The smallest absolute Gasteiger partial charge is 0.251 e. The second kappa shape index (κ2) is 8.06. The summed E-state index contributed by atoms with van der Waals surface area (Å²) in [6.07, 6.45) is -0.0603. The summed E-state index contributed by atoms with van der Waals surface area (Å²) in [6.45, 7) is 0. The first-order valence-corrected chi connectivity index (χ1v) is 11.1. The van der Waals surface area contributed by atoms with Gasteiger partial charge in [-0.2, -0.15) is 5.10 Å². The van der Waals surface area contributed by atoms with Crippen LogP contribution in [0.15, 0.2) is 114 Å². The molecule has 2 aliphatic heterocycles. The van der Waals surface area contributed by atoms with E-state index in [0.717, 1.165) is 40.1 Å². The highest BCUT2D eigenvalue weighted by molar-refractivity contribution is 6.03. The number of hydrogen-bond donors (Lipinski definition) is 0. The number of hydrazone groups is 1. The number of fused-ring (bicyclic) bond motifs is 3. The molecule has 0 spiro atoms. The fraction of sp³-hybridized carbons (Fsp3) is 0.103. The fourth-order valence-corrected chi connectivity index (χ4v) is 4.61. The number of benzene rings is 4. The number of ether oxygens (including phenoxy) is 1. The maximum Gasteiger partial charge on any atom is 0.251 e. The van der Waals surface area contributed by atoms with E-state index < -0.39 is 6.23 Å². The molecule has 4 nitrogen and oxygen atoms in total. The van der Waals surface area contributed by atoms with Gasteiger partial charge in [0.1, 0.15) is 5.75 Å². The summed E-state index contributed by atoms with van der Waals surface area (Å²) in [5.41, 5.74) is 5.92. The van der Waals surface area contributed by atoms with E-state index in [0.29, 0.717) is 5.56 Å². The van der Waals surface area contributed by atoms with Crippen LogP contribution in [-0.2, 0) is 0 Å². The molecule has 4 aromatic rings. The SMILES string of the molecule is O=C(c1ccc(-c2ccccc2)cc1)[C@H]1Oc2ccccc2[C@H]2CC(c3ccccc3)=NN12. The molecule has 0 amide bonds. The maximum atomic E-state index is 13.6. The van der Waals surface area contributed by atoms with E-state index in [1.165, 1.54) is 0 Å². The number of ketones is 1. The number of rotatable bonds is 4. The summed E-state index contributed by atoms with van der Waals surface area (Å²) in [5, 5.41) is 6.72. The number of para-hydroxylation sites is 1. The average Bonchev–Trinajstić information content (AvgIpc) is 3.35. The van der Waals surface area contributed by atoms with E-state index in [1.807, 2.05) is 83.9 Å². The van der Waals surface area contributed by atoms with Gasteiger partial charge in [-0.05, 0) is 22.8 Å². The van der Waals surface area contributed by atoms with E-state index in [-0.39, 0.29) is 11.8 Å². The zero-order chi connectivity index (χ0) is 22.2. The summed E-state index contributed by atoms with van der Waals surface area (Å²) in [4.78, 5) is 13.6. The minimum atomic E-state index is -0.798. The summed E-state index contributed by atoms with van der Waals surface area (Å²) < 4.78 is 6.23. The van der Waals surface area contributed by atoms with Gasteiger partial charge in [0, 0.05) is 17.5 Å². The molecule has 2 aliphatic rings. The van der Waals surface area contributed by atoms with Crippen molar-refractivity contribution >= 4 is 11.5 Å². The average molecular weight is 431 g/mol. The molecule has 0 saturated carbocycles. The van der Waals surface area contributed by atoms with Gasteiger partial charge in [0.25, 0.3) is 6.23 Å². The predicted octanol–water partition coefficient (Wildman–Crippen LogP) is 6.11. The molecule has 0 aliphatic carbocycles. The monoisotopic (exact) mass is 430 g/mol. The Morgan fingerprint density at radius 2 is 1.33 bits per heavy atom. The van der Waals surface area contributed by atoms with E-state index in [1.54, 1.807) is 0 Å². The molecule has 0 bridgehead atoms. The van der Waals surface area contributed by atoms with E-state index in [9.17, 15) is 4.79 Å². The summed E-state index contributed by atoms with van der Waals surface area (Å²) in [5.74, 6) is 0.662. The van der Waals surface area contributed by atoms with Crippen LogP contribution < -0.4 is 4.74 Å². The second-order valence-corrected chi connectivity index (χ2v) is 8.33. The van der Waals surface area contributed by atoms with E-state index in [4.69, 9.17) is 9.84 Å². The summed E-state index contributed by atoms with van der Waals surface area (Å²) in [7, 11) is 0. The highest BCUT2D eigenvalue weighted by atomic mass is 16.5. The van der Waals surface area contributed by atoms with Crippen molar-refractivity contribution in [3.8, 4) is 16.9 Å². The number of Topliss-reactive ketones (excluding diaryl/α,β-unsaturated/α-hetero) is 1. The number of carbonyl (C=O) groups excluding carboxylic acids is 1. The Bertz CT molecular complexity index is 1330. The van der Waals surface area contributed by atoms with E-state index >= 15 is 0 Å². The topological polar surface area (TPSA) is 41.9 Å². The van der Waals surface area contributed by atoms with Gasteiger partial charge in [-0.15, -0.1) is 0 Å². The van der Waals surface area contributed by atoms with Crippen LogP contribution in [0, 0.1) is 0 Å². The molecule has 6 rings (SSSR count). The highest BCUT2D eigenvalue weighted by Gasteiger charge is 2.43. The molecular weight excluding hydrogens is 408 g/mol. The van der Waals surface area contributed by atoms with Crippen molar-refractivity contribution in [1.29, 1.82) is 0 Å². The lowest BCUT2D eigenvalue weighted by molar-refractivity contribution is -0.00455. The molecule has 0 aromatic heterocycles. The fourth-order valence-electron chi connectivity index (χ4n) is 4.61. The Labute approximate surface area is 192 Å². The third-order valence-corrected chi connectivity index (χ3v) is 6.31. The van der Waals surface area contributed by atoms with Crippen LogP contribution in [-0.4, -0.2) is 22.7 Å². The first-order valence-electron chi connectivity index (χ1n) is 11.1. The van der Waals surface area contributed by atoms with E-state index in [2.05, 4.69) is 30.3 Å². The second-order valence-electron chi connectivity index (χ2n) is 8.33. The molecule has 4 aromatic carbocycles. The van der Waals surface area contributed by atoms with Gasteiger partial charge in [-0.3, -0.25) is 4.79 Å². The lowest BCUT2D eigenvalue weighted by Gasteiger charge is -2.37. The van der Waals surface area contributed by atoms with Gasteiger partial charge >= 0.3 is 0 Å². The zero-order valence-corrected chi connectivity index (χ0v) is 18.0. The molecule has 0 unspecified atom stereocenters. The Kier molecular flexibility index (Phi) is 4.76. The zero-order valence-electron chi connectivity index (χ0n) is 18.0. The molecule has 4 heteroatoms. The molecule has 0 saturated heterocycles. The van der Waals surface area contributed by atoms with Gasteiger partial charge < -0.3 is 4.74 Å². The molecule has 2 heterocycles. The third-order valence-electron chi connectivity index (χ3n) is 6.31. The third kappa shape index (κ3) is 3.50. The molecule has 0 fully saturated rings. The van der Waals surface area contributed by atoms with Crippen molar-refractivity contribution < 1.29 is 9.53 Å². The number of hydrogen-bond acceptors (Lipinski definition) is 4. The molecular formula is C29H22N2O2. The Morgan fingerprint density at radius 3 is 2.06 bits per heavy atom. The Balaban J connectivity index is 1.35. The molecule has 0 N–H and O–H groups in total. The van der Waals surface area contributed by atoms with Gasteiger partial charge in [0.15, 0.2) is 0 Å². The quantitative estimate of drug-likeness (QED) is 0.367. The van der Waals surface area contributed by atoms with Crippen LogP contribution in [0.5, 0.6) is 5.75 Å². The first kappa shape index (κ1) is 19.5. The Hall–Kier alpha value is -4.18. The standard InChI is InChI=1S/C29H22N2O2/c32-28(23-17-15-21(16-18-23)20-9-3-1-4-10-20)29-31-26(24-13-7-8-14-27(24)33-29)19-25(30-31)22-11-5-2-6-12-22/h1-18,26,29H,19H2/t26-,29-/m1/s1. The van der Waals surface area contributed by atoms with Crippen LogP contribution in [0.25, 0.3) is 11.1 Å². The summed E-state index contributed by atoms with van der Waals surface area (Å²) >= 11 is 0. The van der Waals surface area contributed by atoms with Crippen LogP contribution in [0.2, 0.25) is 0 Å². The largest absolute Gasteiger partial charge is 0.461 e. The lowest BCUT2D eigenvalue weighted by Crippen LogP contribution is -2.45. The number of carbonyl (C=O) groups is 1. The number of nitrogens with zero attached hydrogens (tertiary/aromatic N) is 2. The molecule has 33 heavy (non-hydrogen) atoms. The van der Waals surface area contributed by atoms with Crippen molar-refractivity contribution in [2.24, 2.45) is 5.10 Å². The van der Waals surface area contributed by atoms with Crippen LogP contribution in [0.3, 0.4) is 0 Å². The first-order chi connectivity index (χ1) is 16.3. The molecule has 2 atom stereocenters. The normalized spacial score (nSPS) is 18.7. The molecule has 0 radical (unpaired) electrons. The van der Waals surface area contributed by atoms with Crippen molar-refractivity contribution in [1.82, 2.24) is 5.01 Å². The molecule has 160 valence electrons. The van der Waals surface area contributed by atoms with Crippen molar-refractivity contribution in [2.75, 3.05) is 0 Å². The van der Waals surface area contributed by atoms with Crippen LogP contribution in [0.1, 0.15) is 33.9 Å². The van der Waals surface area contributed by atoms with Crippen molar-refractivity contribution in [3.63, 3.8) is 0 Å². The van der Waals surface area contributed by atoms with Crippen molar-refractivity contribution in [3.05, 3.63) is 126 Å². The van der Waals surface area contributed by atoms with Gasteiger partial charge in [-0.1, -0.05) is 103 Å². The van der Waals surface area contributed by atoms with Crippen molar-refractivity contribution in [2.45, 2.75) is 18.7 Å². The lowest BCUT2D eigenvalue weighted by atomic mass is 9.95. The maximum absolute atomic E-state index is 13.6. The van der Waals surface area contributed by atoms with Gasteiger partial charge in [0.05, 0.1) is 11.8 Å². The predicted molar refractivity (Wildman–Crippen MR) is 129 cm³/mol. The minimum Gasteiger partial charge on any atom is -0.461 e.